The Morgan fingerprint density at radius 3 is 2.55 bits per heavy atom. The summed E-state index contributed by atoms with van der Waals surface area (Å²) in [6.45, 7) is 4.32. The molecule has 1 saturated heterocycles. The first kappa shape index (κ1) is 8.87. The van der Waals surface area contributed by atoms with Crippen molar-refractivity contribution in [1.29, 1.82) is 0 Å². The van der Waals surface area contributed by atoms with Gasteiger partial charge in [-0.1, -0.05) is 32.5 Å². The van der Waals surface area contributed by atoms with E-state index >= 15 is 0 Å². The van der Waals surface area contributed by atoms with Crippen LogP contribution in [0, 0.1) is 5.92 Å². The van der Waals surface area contributed by atoms with E-state index in [0.29, 0.717) is 11.0 Å². The van der Waals surface area contributed by atoms with Gasteiger partial charge in [-0.05, 0) is 18.1 Å². The van der Waals surface area contributed by atoms with Crippen molar-refractivity contribution in [3.8, 4) is 0 Å². The predicted molar refractivity (Wildman–Crippen MR) is 54.7 cm³/mol. The van der Waals surface area contributed by atoms with Crippen LogP contribution in [0.5, 0.6) is 0 Å². The SMILES string of the molecule is CCC(C)C1NC(=S)NC1=S. The average Bonchev–Trinajstić information content (AvgIpc) is 2.28. The van der Waals surface area contributed by atoms with Crippen molar-refractivity contribution in [1.82, 2.24) is 10.6 Å². The first-order valence-electron chi connectivity index (χ1n) is 3.76. The molecule has 1 aliphatic rings. The van der Waals surface area contributed by atoms with E-state index in [9.17, 15) is 0 Å². The molecule has 0 spiro atoms. The standard InChI is InChI=1S/C7H12N2S2/c1-3-4(2)5-6(10)9-7(11)8-5/h4-5H,3H2,1-2H3,(H2,8,9,10,11). The molecule has 0 aromatic carbocycles. The van der Waals surface area contributed by atoms with E-state index in [1.54, 1.807) is 0 Å². The van der Waals surface area contributed by atoms with Crippen LogP contribution >= 0.6 is 24.4 Å². The fourth-order valence-electron chi connectivity index (χ4n) is 1.07. The maximum atomic E-state index is 5.10. The van der Waals surface area contributed by atoms with Gasteiger partial charge in [0.05, 0.1) is 6.04 Å². The molecule has 2 atom stereocenters. The second-order valence-corrected chi connectivity index (χ2v) is 3.67. The van der Waals surface area contributed by atoms with Crippen molar-refractivity contribution in [2.24, 2.45) is 5.92 Å². The fraction of sp³-hybridized carbons (Fsp3) is 0.714. The highest BCUT2D eigenvalue weighted by atomic mass is 32.1. The van der Waals surface area contributed by atoms with E-state index < -0.39 is 0 Å². The molecule has 4 heteroatoms. The smallest absolute Gasteiger partial charge is 0.171 e. The van der Waals surface area contributed by atoms with Crippen molar-refractivity contribution in [3.63, 3.8) is 0 Å². The number of rotatable bonds is 2. The summed E-state index contributed by atoms with van der Waals surface area (Å²) in [5.74, 6) is 0.551. The molecule has 0 bridgehead atoms. The summed E-state index contributed by atoms with van der Waals surface area (Å²) in [5.41, 5.74) is 0. The molecule has 1 heterocycles. The lowest BCUT2D eigenvalue weighted by Gasteiger charge is -2.15. The van der Waals surface area contributed by atoms with Gasteiger partial charge in [0.2, 0.25) is 0 Å². The highest BCUT2D eigenvalue weighted by Gasteiger charge is 2.27. The summed E-state index contributed by atoms with van der Waals surface area (Å²) in [7, 11) is 0. The van der Waals surface area contributed by atoms with Crippen LogP contribution in [-0.2, 0) is 0 Å². The number of hydrogen-bond acceptors (Lipinski definition) is 2. The molecular formula is C7H12N2S2. The fourth-order valence-corrected chi connectivity index (χ4v) is 1.76. The van der Waals surface area contributed by atoms with E-state index in [2.05, 4.69) is 24.5 Å². The molecule has 0 radical (unpaired) electrons. The molecule has 2 nitrogen and oxygen atoms in total. The summed E-state index contributed by atoms with van der Waals surface area (Å²) in [6.07, 6.45) is 1.11. The van der Waals surface area contributed by atoms with E-state index in [1.165, 1.54) is 0 Å². The van der Waals surface area contributed by atoms with Gasteiger partial charge in [-0.15, -0.1) is 0 Å². The van der Waals surface area contributed by atoms with Gasteiger partial charge in [0.25, 0.3) is 0 Å². The Morgan fingerprint density at radius 1 is 1.55 bits per heavy atom. The lowest BCUT2D eigenvalue weighted by molar-refractivity contribution is 0.503. The zero-order valence-electron chi connectivity index (χ0n) is 6.68. The van der Waals surface area contributed by atoms with Crippen LogP contribution in [0.25, 0.3) is 0 Å². The number of nitrogens with one attached hydrogen (secondary N) is 2. The van der Waals surface area contributed by atoms with E-state index in [-0.39, 0.29) is 6.04 Å². The van der Waals surface area contributed by atoms with Crippen molar-refractivity contribution >= 4 is 34.5 Å². The molecule has 1 rings (SSSR count). The third-order valence-electron chi connectivity index (χ3n) is 2.02. The highest BCUT2D eigenvalue weighted by Crippen LogP contribution is 2.11. The molecular weight excluding hydrogens is 176 g/mol. The predicted octanol–water partition coefficient (Wildman–Crippen LogP) is 1.21. The van der Waals surface area contributed by atoms with Crippen LogP contribution in [0.2, 0.25) is 0 Å². The Kier molecular flexibility index (Phi) is 2.78. The summed E-state index contributed by atoms with van der Waals surface area (Å²) in [6, 6.07) is 0.252. The van der Waals surface area contributed by atoms with Crippen LogP contribution < -0.4 is 10.6 Å². The Labute approximate surface area is 77.7 Å². The molecule has 0 amide bonds. The van der Waals surface area contributed by atoms with Gasteiger partial charge in [-0.2, -0.15) is 0 Å². The lowest BCUT2D eigenvalue weighted by atomic mass is 10.0. The molecule has 1 fully saturated rings. The molecule has 62 valence electrons. The van der Waals surface area contributed by atoms with Crippen molar-refractivity contribution in [3.05, 3.63) is 0 Å². The normalized spacial score (nSPS) is 26.2. The van der Waals surface area contributed by atoms with Gasteiger partial charge in [0, 0.05) is 0 Å². The second kappa shape index (κ2) is 3.45. The quantitative estimate of drug-likeness (QED) is 0.636. The molecule has 2 N–H and O–H groups in total. The summed E-state index contributed by atoms with van der Waals surface area (Å²) >= 11 is 10.0. The topological polar surface area (TPSA) is 24.1 Å². The largest absolute Gasteiger partial charge is 0.353 e. The Balaban J connectivity index is 2.59. The van der Waals surface area contributed by atoms with Crippen molar-refractivity contribution in [2.45, 2.75) is 26.3 Å². The molecule has 1 aliphatic heterocycles. The van der Waals surface area contributed by atoms with Gasteiger partial charge in [-0.3, -0.25) is 0 Å². The third-order valence-corrected chi connectivity index (χ3v) is 2.59. The van der Waals surface area contributed by atoms with Crippen LogP contribution in [0.3, 0.4) is 0 Å². The summed E-state index contributed by atoms with van der Waals surface area (Å²) < 4.78 is 0. The van der Waals surface area contributed by atoms with Gasteiger partial charge in [-0.25, -0.2) is 0 Å². The first-order valence-corrected chi connectivity index (χ1v) is 4.58. The maximum absolute atomic E-state index is 5.10. The molecule has 0 aliphatic carbocycles. The third kappa shape index (κ3) is 1.87. The Bertz CT molecular complexity index is 191. The molecule has 0 aromatic rings. The van der Waals surface area contributed by atoms with Gasteiger partial charge in [0.1, 0.15) is 4.99 Å². The first-order chi connectivity index (χ1) is 5.15. The molecule has 0 saturated carbocycles. The Morgan fingerprint density at radius 2 is 2.18 bits per heavy atom. The van der Waals surface area contributed by atoms with E-state index in [4.69, 9.17) is 24.4 Å². The van der Waals surface area contributed by atoms with Gasteiger partial charge >= 0.3 is 0 Å². The van der Waals surface area contributed by atoms with E-state index in [0.717, 1.165) is 11.4 Å². The zero-order chi connectivity index (χ0) is 8.43. The highest BCUT2D eigenvalue weighted by molar-refractivity contribution is 7.82. The minimum atomic E-state index is 0.252. The summed E-state index contributed by atoms with van der Waals surface area (Å²) in [4.78, 5) is 0.837. The van der Waals surface area contributed by atoms with Crippen LogP contribution in [0.1, 0.15) is 20.3 Å². The van der Waals surface area contributed by atoms with Crippen molar-refractivity contribution in [2.75, 3.05) is 0 Å². The van der Waals surface area contributed by atoms with Gasteiger partial charge < -0.3 is 10.6 Å². The molecule has 11 heavy (non-hydrogen) atoms. The van der Waals surface area contributed by atoms with Gasteiger partial charge in [0.15, 0.2) is 5.11 Å². The van der Waals surface area contributed by atoms with E-state index in [1.807, 2.05) is 0 Å². The zero-order valence-corrected chi connectivity index (χ0v) is 8.31. The minimum Gasteiger partial charge on any atom is -0.353 e. The maximum Gasteiger partial charge on any atom is 0.171 e. The average molecular weight is 188 g/mol. The number of hydrogen-bond donors (Lipinski definition) is 2. The minimum absolute atomic E-state index is 0.252. The lowest BCUT2D eigenvalue weighted by Crippen LogP contribution is -2.34. The summed E-state index contributed by atoms with van der Waals surface area (Å²) in [5, 5.41) is 6.73. The second-order valence-electron chi connectivity index (χ2n) is 2.83. The molecule has 2 unspecified atom stereocenters. The Hall–Kier alpha value is -0.220. The van der Waals surface area contributed by atoms with Crippen molar-refractivity contribution < 1.29 is 0 Å². The van der Waals surface area contributed by atoms with Crippen LogP contribution in [-0.4, -0.2) is 16.1 Å². The number of thiocarbonyl (C=S) groups is 2. The monoisotopic (exact) mass is 188 g/mol. The molecule has 0 aromatic heterocycles. The van der Waals surface area contributed by atoms with Crippen LogP contribution in [0.4, 0.5) is 0 Å². The van der Waals surface area contributed by atoms with Crippen LogP contribution in [0.15, 0.2) is 0 Å².